The van der Waals surface area contributed by atoms with Gasteiger partial charge in [-0.15, -0.1) is 0 Å². The van der Waals surface area contributed by atoms with Gasteiger partial charge in [0.15, 0.2) is 0 Å². The molecule has 1 aliphatic rings. The third kappa shape index (κ3) is 4.07. The Balaban J connectivity index is 2.01. The van der Waals surface area contributed by atoms with Crippen LogP contribution in [0, 0.1) is 5.92 Å². The first kappa shape index (κ1) is 16.5. The van der Waals surface area contributed by atoms with E-state index >= 15 is 0 Å². The largest absolute Gasteiger partial charge is 0.396 e. The van der Waals surface area contributed by atoms with E-state index in [1.807, 2.05) is 37.3 Å². The van der Waals surface area contributed by atoms with Crippen molar-refractivity contribution in [2.45, 2.75) is 32.2 Å². The van der Waals surface area contributed by atoms with Gasteiger partial charge in [0.1, 0.15) is 0 Å². The number of carbonyl (C=O) groups excluding carboxylic acids is 2. The minimum Gasteiger partial charge on any atom is -0.396 e. The molecule has 0 spiro atoms. The molecule has 2 amide bonds. The van der Waals surface area contributed by atoms with E-state index in [9.17, 15) is 9.59 Å². The van der Waals surface area contributed by atoms with Crippen molar-refractivity contribution in [3.8, 4) is 0 Å². The maximum absolute atomic E-state index is 12.4. The van der Waals surface area contributed by atoms with Gasteiger partial charge >= 0.3 is 0 Å². The average Bonchev–Trinajstić information content (AvgIpc) is 2.93. The number of hydrogen-bond acceptors (Lipinski definition) is 3. The fourth-order valence-electron chi connectivity index (χ4n) is 2.85. The normalized spacial score (nSPS) is 19.3. The van der Waals surface area contributed by atoms with Crippen LogP contribution >= 0.6 is 0 Å². The minimum atomic E-state index is -0.271. The van der Waals surface area contributed by atoms with Crippen molar-refractivity contribution in [2.75, 3.05) is 19.7 Å². The van der Waals surface area contributed by atoms with Gasteiger partial charge in [0.05, 0.1) is 12.0 Å². The van der Waals surface area contributed by atoms with Gasteiger partial charge in [-0.3, -0.25) is 9.59 Å². The third-order valence-electron chi connectivity index (χ3n) is 4.14. The Kier molecular flexibility index (Phi) is 5.95. The zero-order valence-corrected chi connectivity index (χ0v) is 13.0. The lowest BCUT2D eigenvalue weighted by Gasteiger charge is -2.21. The summed E-state index contributed by atoms with van der Waals surface area (Å²) in [5, 5.41) is 12.1. The highest BCUT2D eigenvalue weighted by molar-refractivity contribution is 5.89. The van der Waals surface area contributed by atoms with Crippen LogP contribution < -0.4 is 5.32 Å². The Labute approximate surface area is 131 Å². The molecule has 1 fully saturated rings. The molecular weight excluding hydrogens is 280 g/mol. The lowest BCUT2D eigenvalue weighted by atomic mass is 10.0. The zero-order chi connectivity index (χ0) is 15.9. The smallest absolute Gasteiger partial charge is 0.225 e. The Morgan fingerprint density at radius 1 is 1.41 bits per heavy atom. The lowest BCUT2D eigenvalue weighted by molar-refractivity contribution is -0.129. The fourth-order valence-corrected chi connectivity index (χ4v) is 2.85. The number of likely N-dealkylation sites (tertiary alicyclic amines) is 1. The van der Waals surface area contributed by atoms with Crippen LogP contribution in [0.2, 0.25) is 0 Å². The van der Waals surface area contributed by atoms with Crippen LogP contribution in [0.1, 0.15) is 37.8 Å². The van der Waals surface area contributed by atoms with Crippen molar-refractivity contribution >= 4 is 11.8 Å². The van der Waals surface area contributed by atoms with Crippen molar-refractivity contribution < 1.29 is 14.7 Å². The van der Waals surface area contributed by atoms with Crippen molar-refractivity contribution in [1.82, 2.24) is 10.2 Å². The molecule has 22 heavy (non-hydrogen) atoms. The van der Waals surface area contributed by atoms with E-state index in [-0.39, 0.29) is 30.4 Å². The van der Waals surface area contributed by atoms with Crippen LogP contribution in [0.4, 0.5) is 0 Å². The summed E-state index contributed by atoms with van der Waals surface area (Å²) in [4.78, 5) is 25.9. The molecule has 0 bridgehead atoms. The second-order valence-electron chi connectivity index (χ2n) is 5.67. The molecule has 1 aromatic carbocycles. The molecule has 0 radical (unpaired) electrons. The molecule has 2 rings (SSSR count). The topological polar surface area (TPSA) is 69.6 Å². The first-order valence-electron chi connectivity index (χ1n) is 7.89. The summed E-state index contributed by atoms with van der Waals surface area (Å²) >= 11 is 0. The molecule has 120 valence electrons. The molecule has 0 aliphatic carbocycles. The van der Waals surface area contributed by atoms with E-state index in [0.717, 1.165) is 5.56 Å². The zero-order valence-electron chi connectivity index (χ0n) is 13.0. The molecule has 2 N–H and O–H groups in total. The number of aliphatic hydroxyl groups is 1. The summed E-state index contributed by atoms with van der Waals surface area (Å²) in [6, 6.07) is 9.63. The Morgan fingerprint density at radius 2 is 2.14 bits per heavy atom. The van der Waals surface area contributed by atoms with E-state index in [1.165, 1.54) is 0 Å². The van der Waals surface area contributed by atoms with Crippen molar-refractivity contribution in [3.05, 3.63) is 35.9 Å². The molecule has 5 nitrogen and oxygen atoms in total. The van der Waals surface area contributed by atoms with Crippen LogP contribution in [-0.4, -0.2) is 41.5 Å². The van der Waals surface area contributed by atoms with Crippen molar-refractivity contribution in [3.63, 3.8) is 0 Å². The number of aliphatic hydroxyl groups excluding tert-OH is 1. The van der Waals surface area contributed by atoms with Gasteiger partial charge in [0, 0.05) is 26.1 Å². The van der Waals surface area contributed by atoms with E-state index in [0.29, 0.717) is 32.4 Å². The van der Waals surface area contributed by atoms with Crippen LogP contribution in [0.25, 0.3) is 0 Å². The number of amides is 2. The summed E-state index contributed by atoms with van der Waals surface area (Å²) in [5.41, 5.74) is 1.03. The third-order valence-corrected chi connectivity index (χ3v) is 4.14. The van der Waals surface area contributed by atoms with Crippen LogP contribution in [-0.2, 0) is 9.59 Å². The number of carbonyl (C=O) groups is 2. The van der Waals surface area contributed by atoms with Crippen LogP contribution in [0.15, 0.2) is 30.3 Å². The highest BCUT2D eigenvalue weighted by Gasteiger charge is 2.34. The molecule has 2 atom stereocenters. The number of benzene rings is 1. The van der Waals surface area contributed by atoms with Gasteiger partial charge in [-0.2, -0.15) is 0 Å². The highest BCUT2D eigenvalue weighted by Crippen LogP contribution is 2.22. The minimum absolute atomic E-state index is 0.0502. The van der Waals surface area contributed by atoms with Gasteiger partial charge in [-0.05, 0) is 25.3 Å². The number of nitrogens with zero attached hydrogens (tertiary/aromatic N) is 1. The van der Waals surface area contributed by atoms with Crippen LogP contribution in [0.5, 0.6) is 0 Å². The fraction of sp³-hybridized carbons (Fsp3) is 0.529. The van der Waals surface area contributed by atoms with Gasteiger partial charge in [0.2, 0.25) is 11.8 Å². The Hall–Kier alpha value is -1.88. The average molecular weight is 304 g/mol. The Bertz CT molecular complexity index is 504. The van der Waals surface area contributed by atoms with Crippen LogP contribution in [0.3, 0.4) is 0 Å². The van der Waals surface area contributed by atoms with E-state index < -0.39 is 0 Å². The second kappa shape index (κ2) is 7.94. The molecule has 0 saturated carbocycles. The molecule has 1 aromatic rings. The summed E-state index contributed by atoms with van der Waals surface area (Å²) < 4.78 is 0. The number of nitrogens with one attached hydrogen (secondary N) is 1. The van der Waals surface area contributed by atoms with Gasteiger partial charge < -0.3 is 15.3 Å². The molecule has 1 heterocycles. The maximum Gasteiger partial charge on any atom is 0.225 e. The first-order valence-corrected chi connectivity index (χ1v) is 7.89. The predicted molar refractivity (Wildman–Crippen MR) is 84.0 cm³/mol. The molecule has 5 heteroatoms. The summed E-state index contributed by atoms with van der Waals surface area (Å²) in [7, 11) is 0. The highest BCUT2D eigenvalue weighted by atomic mass is 16.3. The van der Waals surface area contributed by atoms with E-state index in [4.69, 9.17) is 5.11 Å². The Morgan fingerprint density at radius 3 is 2.73 bits per heavy atom. The van der Waals surface area contributed by atoms with Gasteiger partial charge in [-0.1, -0.05) is 30.3 Å². The number of hydrogen-bond donors (Lipinski definition) is 2. The molecular formula is C17H24N2O3. The molecule has 0 aromatic heterocycles. The van der Waals surface area contributed by atoms with Crippen molar-refractivity contribution in [2.24, 2.45) is 5.92 Å². The molecule has 1 aliphatic heterocycles. The van der Waals surface area contributed by atoms with E-state index in [2.05, 4.69) is 5.32 Å². The quantitative estimate of drug-likeness (QED) is 0.802. The summed E-state index contributed by atoms with van der Waals surface area (Å²) in [6.07, 6.45) is 1.61. The monoisotopic (exact) mass is 304 g/mol. The van der Waals surface area contributed by atoms with Crippen molar-refractivity contribution in [1.29, 1.82) is 0 Å². The standard InChI is InChI=1S/C17H24N2O3/c1-2-19-12-14(11-16(19)21)17(22)18-15(9-6-10-20)13-7-4-3-5-8-13/h3-5,7-8,14-15,20H,2,6,9-12H2,1H3,(H,18,22). The second-order valence-corrected chi connectivity index (χ2v) is 5.67. The van der Waals surface area contributed by atoms with E-state index in [1.54, 1.807) is 4.90 Å². The summed E-state index contributed by atoms with van der Waals surface area (Å²) in [6.45, 7) is 3.18. The molecule has 1 saturated heterocycles. The van der Waals surface area contributed by atoms with Gasteiger partial charge in [0.25, 0.3) is 0 Å². The predicted octanol–water partition coefficient (Wildman–Crippen LogP) is 1.48. The molecule has 2 unspecified atom stereocenters. The maximum atomic E-state index is 12.4. The number of rotatable bonds is 7. The SMILES string of the molecule is CCN1CC(C(=O)NC(CCCO)c2ccccc2)CC1=O. The summed E-state index contributed by atoms with van der Waals surface area (Å²) in [5.74, 6) is -0.293. The lowest BCUT2D eigenvalue weighted by Crippen LogP contribution is -2.35. The van der Waals surface area contributed by atoms with Gasteiger partial charge in [-0.25, -0.2) is 0 Å². The first-order chi connectivity index (χ1) is 10.7.